The van der Waals surface area contributed by atoms with Crippen LogP contribution in [0.1, 0.15) is 11.3 Å². The van der Waals surface area contributed by atoms with E-state index in [9.17, 15) is 0 Å². The highest BCUT2D eigenvalue weighted by Gasteiger charge is 2.18. The summed E-state index contributed by atoms with van der Waals surface area (Å²) in [5.41, 5.74) is 3.35. The van der Waals surface area contributed by atoms with Crippen molar-refractivity contribution in [3.8, 4) is 0 Å². The first-order valence-corrected chi connectivity index (χ1v) is 7.68. The number of rotatable bonds is 1. The largest absolute Gasteiger partial charge is 0.350 e. The van der Waals surface area contributed by atoms with Gasteiger partial charge in [0.2, 0.25) is 0 Å². The fraction of sp³-hybridized carbons (Fsp3) is 0.188. The fourth-order valence-corrected chi connectivity index (χ4v) is 3.19. The van der Waals surface area contributed by atoms with Crippen molar-refractivity contribution in [3.05, 3.63) is 58.6 Å². The molecule has 1 aromatic carbocycles. The maximum absolute atomic E-state index is 4.81. The minimum Gasteiger partial charge on any atom is -0.350 e. The molecular formula is C16H13BrN4. The quantitative estimate of drug-likeness (QED) is 0.681. The molecule has 1 aliphatic heterocycles. The van der Waals surface area contributed by atoms with E-state index in [1.54, 1.807) is 6.33 Å². The number of hydrogen-bond donors (Lipinski definition) is 0. The van der Waals surface area contributed by atoms with Crippen molar-refractivity contribution >= 4 is 32.7 Å². The standard InChI is InChI=1S/C16H13BrN4/c17-13-3-1-2-11-4-5-15(20-16(11)13)21-7-6-12-8-18-10-19-14(12)9-21/h1-5,8,10H,6-7,9H2. The van der Waals surface area contributed by atoms with E-state index in [0.29, 0.717) is 0 Å². The topological polar surface area (TPSA) is 41.9 Å². The van der Waals surface area contributed by atoms with Crippen LogP contribution in [0.2, 0.25) is 0 Å². The first-order valence-electron chi connectivity index (χ1n) is 6.89. The van der Waals surface area contributed by atoms with Gasteiger partial charge >= 0.3 is 0 Å². The van der Waals surface area contributed by atoms with Crippen molar-refractivity contribution in [3.63, 3.8) is 0 Å². The van der Waals surface area contributed by atoms with Gasteiger partial charge in [0.15, 0.2) is 0 Å². The molecule has 3 aromatic rings. The average molecular weight is 341 g/mol. The zero-order chi connectivity index (χ0) is 14.2. The number of pyridine rings is 1. The Morgan fingerprint density at radius 3 is 3.05 bits per heavy atom. The molecule has 1 aliphatic rings. The highest BCUT2D eigenvalue weighted by molar-refractivity contribution is 9.10. The molecular weight excluding hydrogens is 328 g/mol. The third kappa shape index (κ3) is 2.27. The maximum atomic E-state index is 4.81. The lowest BCUT2D eigenvalue weighted by Gasteiger charge is -2.28. The number of hydrogen-bond acceptors (Lipinski definition) is 4. The number of nitrogens with zero attached hydrogens (tertiary/aromatic N) is 4. The zero-order valence-electron chi connectivity index (χ0n) is 11.3. The van der Waals surface area contributed by atoms with Crippen LogP contribution in [-0.4, -0.2) is 21.5 Å². The summed E-state index contributed by atoms with van der Waals surface area (Å²) in [6.45, 7) is 1.74. The van der Waals surface area contributed by atoms with Gasteiger partial charge in [-0.1, -0.05) is 12.1 Å². The number of halogens is 1. The number of aromatic nitrogens is 3. The van der Waals surface area contributed by atoms with Gasteiger partial charge in [-0.25, -0.2) is 15.0 Å². The minimum absolute atomic E-state index is 0.792. The predicted octanol–water partition coefficient (Wildman–Crippen LogP) is 3.35. The molecule has 0 spiro atoms. The summed E-state index contributed by atoms with van der Waals surface area (Å²) in [6, 6.07) is 10.3. The van der Waals surface area contributed by atoms with E-state index in [1.807, 2.05) is 18.3 Å². The number of benzene rings is 1. The minimum atomic E-state index is 0.792. The van der Waals surface area contributed by atoms with Crippen molar-refractivity contribution < 1.29 is 0 Å². The normalized spacial score (nSPS) is 14.2. The molecule has 0 bridgehead atoms. The first kappa shape index (κ1) is 12.7. The molecule has 0 radical (unpaired) electrons. The molecule has 4 rings (SSSR count). The van der Waals surface area contributed by atoms with Crippen LogP contribution in [0.3, 0.4) is 0 Å². The molecule has 21 heavy (non-hydrogen) atoms. The van der Waals surface area contributed by atoms with Crippen LogP contribution in [0.4, 0.5) is 5.82 Å². The van der Waals surface area contributed by atoms with Gasteiger partial charge in [0.05, 0.1) is 17.8 Å². The van der Waals surface area contributed by atoms with Crippen molar-refractivity contribution in [1.82, 2.24) is 15.0 Å². The first-order chi connectivity index (χ1) is 10.3. The lowest BCUT2D eigenvalue weighted by atomic mass is 10.1. The summed E-state index contributed by atoms with van der Waals surface area (Å²) in [6.07, 6.45) is 4.50. The van der Waals surface area contributed by atoms with Gasteiger partial charge < -0.3 is 4.90 Å². The monoisotopic (exact) mass is 340 g/mol. The Hall–Kier alpha value is -2.01. The van der Waals surface area contributed by atoms with E-state index >= 15 is 0 Å². The Labute approximate surface area is 131 Å². The molecule has 0 unspecified atom stereocenters. The average Bonchev–Trinajstić information content (AvgIpc) is 2.54. The van der Waals surface area contributed by atoms with Crippen LogP contribution in [-0.2, 0) is 13.0 Å². The van der Waals surface area contributed by atoms with Crippen LogP contribution in [0.15, 0.2) is 47.3 Å². The Kier molecular flexibility index (Phi) is 3.07. The van der Waals surface area contributed by atoms with Gasteiger partial charge in [0.25, 0.3) is 0 Å². The van der Waals surface area contributed by atoms with Crippen molar-refractivity contribution in [2.45, 2.75) is 13.0 Å². The summed E-state index contributed by atoms with van der Waals surface area (Å²) < 4.78 is 1.03. The van der Waals surface area contributed by atoms with E-state index < -0.39 is 0 Å². The number of anilines is 1. The third-order valence-corrected chi connectivity index (χ3v) is 4.49. The summed E-state index contributed by atoms with van der Waals surface area (Å²) in [7, 11) is 0. The van der Waals surface area contributed by atoms with E-state index in [1.165, 1.54) is 5.56 Å². The smallest absolute Gasteiger partial charge is 0.129 e. The SMILES string of the molecule is Brc1cccc2ccc(N3CCc4cncnc4C3)nc12. The lowest BCUT2D eigenvalue weighted by molar-refractivity contribution is 0.696. The van der Waals surface area contributed by atoms with Crippen molar-refractivity contribution in [2.24, 2.45) is 0 Å². The highest BCUT2D eigenvalue weighted by Crippen LogP contribution is 2.27. The van der Waals surface area contributed by atoms with Gasteiger partial charge in [0, 0.05) is 22.6 Å². The van der Waals surface area contributed by atoms with Gasteiger partial charge in [-0.3, -0.25) is 0 Å². The molecule has 4 nitrogen and oxygen atoms in total. The van der Waals surface area contributed by atoms with E-state index in [0.717, 1.165) is 46.4 Å². The van der Waals surface area contributed by atoms with Gasteiger partial charge in [-0.2, -0.15) is 0 Å². The molecule has 0 atom stereocenters. The summed E-state index contributed by atoms with van der Waals surface area (Å²) in [5.74, 6) is 0.999. The van der Waals surface area contributed by atoms with E-state index in [-0.39, 0.29) is 0 Å². The predicted molar refractivity (Wildman–Crippen MR) is 86.2 cm³/mol. The molecule has 3 heterocycles. The van der Waals surface area contributed by atoms with Crippen molar-refractivity contribution in [1.29, 1.82) is 0 Å². The highest BCUT2D eigenvalue weighted by atomic mass is 79.9. The summed E-state index contributed by atoms with van der Waals surface area (Å²) in [5, 5.41) is 1.15. The zero-order valence-corrected chi connectivity index (χ0v) is 12.9. The molecule has 104 valence electrons. The molecule has 0 amide bonds. The molecule has 5 heteroatoms. The Bertz CT molecular complexity index is 818. The number of fused-ring (bicyclic) bond motifs is 2. The van der Waals surface area contributed by atoms with E-state index in [4.69, 9.17) is 4.98 Å². The second-order valence-electron chi connectivity index (χ2n) is 5.15. The Balaban J connectivity index is 1.73. The summed E-state index contributed by atoms with van der Waals surface area (Å²) >= 11 is 3.58. The van der Waals surface area contributed by atoms with Gasteiger partial charge in [0.1, 0.15) is 12.1 Å². The second kappa shape index (κ2) is 5.07. The maximum Gasteiger partial charge on any atom is 0.129 e. The van der Waals surface area contributed by atoms with E-state index in [2.05, 4.69) is 49.0 Å². The van der Waals surface area contributed by atoms with Crippen LogP contribution in [0, 0.1) is 0 Å². The molecule has 0 aliphatic carbocycles. The lowest BCUT2D eigenvalue weighted by Crippen LogP contribution is -2.31. The van der Waals surface area contributed by atoms with Crippen LogP contribution in [0.25, 0.3) is 10.9 Å². The van der Waals surface area contributed by atoms with Gasteiger partial charge in [-0.15, -0.1) is 0 Å². The van der Waals surface area contributed by atoms with Crippen LogP contribution < -0.4 is 4.90 Å². The van der Waals surface area contributed by atoms with Crippen molar-refractivity contribution in [2.75, 3.05) is 11.4 Å². The molecule has 0 saturated carbocycles. The summed E-state index contributed by atoms with van der Waals surface area (Å²) in [4.78, 5) is 15.6. The van der Waals surface area contributed by atoms with Gasteiger partial charge in [-0.05, 0) is 46.1 Å². The van der Waals surface area contributed by atoms with Crippen LogP contribution >= 0.6 is 15.9 Å². The van der Waals surface area contributed by atoms with Crippen LogP contribution in [0.5, 0.6) is 0 Å². The molecule has 2 aromatic heterocycles. The fourth-order valence-electron chi connectivity index (χ4n) is 2.72. The Morgan fingerprint density at radius 2 is 2.10 bits per heavy atom. The molecule has 0 N–H and O–H groups in total. The Morgan fingerprint density at radius 1 is 1.14 bits per heavy atom. The third-order valence-electron chi connectivity index (χ3n) is 3.85. The molecule has 0 saturated heterocycles. The number of para-hydroxylation sites is 1. The second-order valence-corrected chi connectivity index (χ2v) is 6.00. The molecule has 0 fully saturated rings.